The number of nitrogen functional groups attached to an aromatic ring is 1. The summed E-state index contributed by atoms with van der Waals surface area (Å²) in [4.78, 5) is 2.35. The van der Waals surface area contributed by atoms with Crippen LogP contribution in [0.4, 0.5) is 5.69 Å². The maximum atomic E-state index is 5.90. The van der Waals surface area contributed by atoms with Crippen molar-refractivity contribution in [1.29, 1.82) is 0 Å². The summed E-state index contributed by atoms with van der Waals surface area (Å²) in [6.45, 7) is 13.1. The van der Waals surface area contributed by atoms with Crippen molar-refractivity contribution in [2.24, 2.45) is 0 Å². The molecule has 0 heterocycles. The fourth-order valence-electron chi connectivity index (χ4n) is 1.71. The summed E-state index contributed by atoms with van der Waals surface area (Å²) in [5.41, 5.74) is 10.4. The zero-order valence-electron chi connectivity index (χ0n) is 10.6. The summed E-state index contributed by atoms with van der Waals surface area (Å²) in [6.07, 6.45) is 0. The van der Waals surface area contributed by atoms with Crippen LogP contribution in [0.25, 0.3) is 0 Å². The first-order valence-electron chi connectivity index (χ1n) is 5.74. The first-order chi connectivity index (χ1) is 7.52. The molecule has 0 saturated carbocycles. The molecule has 2 heteroatoms. The molecule has 0 aliphatic heterocycles. The molecule has 0 radical (unpaired) electrons. The monoisotopic (exact) mass is 218 g/mol. The Morgan fingerprint density at radius 3 is 2.62 bits per heavy atom. The molecule has 0 aliphatic carbocycles. The van der Waals surface area contributed by atoms with E-state index in [1.807, 2.05) is 6.92 Å². The van der Waals surface area contributed by atoms with Crippen LogP contribution in [0.15, 0.2) is 30.4 Å². The molecule has 0 aromatic heterocycles. The summed E-state index contributed by atoms with van der Waals surface area (Å²) >= 11 is 0. The highest BCUT2D eigenvalue weighted by atomic mass is 15.1. The average molecular weight is 218 g/mol. The molecular weight excluding hydrogens is 196 g/mol. The molecule has 0 aliphatic rings. The van der Waals surface area contributed by atoms with E-state index in [1.54, 1.807) is 0 Å². The third-order valence-electron chi connectivity index (χ3n) is 2.69. The number of nitrogens with two attached hydrogens (primary N) is 1. The van der Waals surface area contributed by atoms with E-state index in [2.05, 4.69) is 43.5 Å². The molecule has 0 amide bonds. The van der Waals surface area contributed by atoms with E-state index in [0.717, 1.165) is 30.9 Å². The topological polar surface area (TPSA) is 29.3 Å². The van der Waals surface area contributed by atoms with E-state index in [9.17, 15) is 0 Å². The second-order valence-electron chi connectivity index (χ2n) is 4.45. The van der Waals surface area contributed by atoms with Gasteiger partial charge in [0, 0.05) is 18.8 Å². The summed E-state index contributed by atoms with van der Waals surface area (Å²) in [5, 5.41) is 0. The van der Waals surface area contributed by atoms with Gasteiger partial charge in [-0.2, -0.15) is 0 Å². The largest absolute Gasteiger partial charge is 0.399 e. The van der Waals surface area contributed by atoms with Crippen LogP contribution in [0.3, 0.4) is 0 Å². The van der Waals surface area contributed by atoms with Gasteiger partial charge in [0.15, 0.2) is 0 Å². The van der Waals surface area contributed by atoms with Crippen molar-refractivity contribution in [3.05, 3.63) is 41.5 Å². The second kappa shape index (κ2) is 5.71. The highest BCUT2D eigenvalue weighted by Crippen LogP contribution is 2.14. The van der Waals surface area contributed by atoms with Crippen LogP contribution in [0.1, 0.15) is 25.0 Å². The van der Waals surface area contributed by atoms with Gasteiger partial charge in [-0.15, -0.1) is 0 Å². The van der Waals surface area contributed by atoms with Crippen LogP contribution in [0.2, 0.25) is 0 Å². The van der Waals surface area contributed by atoms with Crippen molar-refractivity contribution in [2.75, 3.05) is 18.8 Å². The Balaban J connectivity index is 2.70. The lowest BCUT2D eigenvalue weighted by atomic mass is 10.1. The highest BCUT2D eigenvalue weighted by Gasteiger charge is 2.04. The van der Waals surface area contributed by atoms with Gasteiger partial charge < -0.3 is 5.73 Å². The summed E-state index contributed by atoms with van der Waals surface area (Å²) in [7, 11) is 0. The molecule has 0 spiro atoms. The smallest absolute Gasteiger partial charge is 0.0346 e. The van der Waals surface area contributed by atoms with Gasteiger partial charge in [0.05, 0.1) is 0 Å². The molecule has 0 fully saturated rings. The maximum Gasteiger partial charge on any atom is 0.0346 e. The lowest BCUT2D eigenvalue weighted by Crippen LogP contribution is -2.24. The highest BCUT2D eigenvalue weighted by molar-refractivity contribution is 5.48. The predicted octanol–water partition coefficient (Wildman–Crippen LogP) is 2.98. The van der Waals surface area contributed by atoms with Crippen LogP contribution in [0.5, 0.6) is 0 Å². The quantitative estimate of drug-likeness (QED) is 0.608. The van der Waals surface area contributed by atoms with E-state index in [1.165, 1.54) is 11.1 Å². The molecule has 0 bridgehead atoms. The third-order valence-corrected chi connectivity index (χ3v) is 2.69. The van der Waals surface area contributed by atoms with E-state index in [4.69, 9.17) is 5.73 Å². The van der Waals surface area contributed by atoms with E-state index in [0.29, 0.717) is 0 Å². The lowest BCUT2D eigenvalue weighted by molar-refractivity contribution is 0.304. The minimum absolute atomic E-state index is 0.879. The van der Waals surface area contributed by atoms with Crippen LogP contribution >= 0.6 is 0 Å². The number of benzene rings is 1. The standard InChI is InChI=1S/C14H22N2/c1-5-16(9-11(2)3)10-13-7-6-12(4)14(15)8-13/h6-8H,2,5,9-10,15H2,1,3-4H3. The van der Waals surface area contributed by atoms with Crippen molar-refractivity contribution >= 4 is 5.69 Å². The van der Waals surface area contributed by atoms with Gasteiger partial charge in [0.1, 0.15) is 0 Å². The fourth-order valence-corrected chi connectivity index (χ4v) is 1.71. The zero-order chi connectivity index (χ0) is 12.1. The molecule has 0 saturated heterocycles. The van der Waals surface area contributed by atoms with Gasteiger partial charge in [-0.05, 0) is 37.6 Å². The zero-order valence-corrected chi connectivity index (χ0v) is 10.6. The van der Waals surface area contributed by atoms with Crippen LogP contribution in [0, 0.1) is 6.92 Å². The molecule has 2 N–H and O–H groups in total. The number of likely N-dealkylation sites (N-methyl/N-ethyl adjacent to an activating group) is 1. The maximum absolute atomic E-state index is 5.90. The number of nitrogens with zero attached hydrogens (tertiary/aromatic N) is 1. The first-order valence-corrected chi connectivity index (χ1v) is 5.74. The van der Waals surface area contributed by atoms with Crippen LogP contribution in [-0.2, 0) is 6.54 Å². The SMILES string of the molecule is C=C(C)CN(CC)Cc1ccc(C)c(N)c1. The number of aryl methyl sites for hydroxylation is 1. The van der Waals surface area contributed by atoms with Gasteiger partial charge >= 0.3 is 0 Å². The molecule has 2 nitrogen and oxygen atoms in total. The van der Waals surface area contributed by atoms with Crippen molar-refractivity contribution in [3.8, 4) is 0 Å². The summed E-state index contributed by atoms with van der Waals surface area (Å²) < 4.78 is 0. The fraction of sp³-hybridized carbons (Fsp3) is 0.429. The molecule has 16 heavy (non-hydrogen) atoms. The Morgan fingerprint density at radius 1 is 1.44 bits per heavy atom. The summed E-state index contributed by atoms with van der Waals surface area (Å²) in [5.74, 6) is 0. The molecule has 1 rings (SSSR count). The number of hydrogen-bond acceptors (Lipinski definition) is 2. The third kappa shape index (κ3) is 3.70. The number of hydrogen-bond donors (Lipinski definition) is 1. The Kier molecular flexibility index (Phi) is 4.56. The average Bonchev–Trinajstić information content (AvgIpc) is 2.22. The van der Waals surface area contributed by atoms with Gasteiger partial charge in [-0.25, -0.2) is 0 Å². The van der Waals surface area contributed by atoms with Crippen molar-refractivity contribution in [2.45, 2.75) is 27.3 Å². The van der Waals surface area contributed by atoms with Gasteiger partial charge in [0.2, 0.25) is 0 Å². The van der Waals surface area contributed by atoms with E-state index in [-0.39, 0.29) is 0 Å². The molecule has 1 aromatic carbocycles. The van der Waals surface area contributed by atoms with Gasteiger partial charge in [-0.1, -0.05) is 31.2 Å². The predicted molar refractivity (Wildman–Crippen MR) is 71.4 cm³/mol. The van der Waals surface area contributed by atoms with Gasteiger partial charge in [0.25, 0.3) is 0 Å². The minimum atomic E-state index is 0.879. The normalized spacial score (nSPS) is 10.8. The Labute approximate surface area is 98.8 Å². The van der Waals surface area contributed by atoms with Crippen molar-refractivity contribution in [3.63, 3.8) is 0 Å². The first kappa shape index (κ1) is 12.8. The molecule has 1 aromatic rings. The second-order valence-corrected chi connectivity index (χ2v) is 4.45. The number of rotatable bonds is 5. The molecular formula is C14H22N2. The van der Waals surface area contributed by atoms with E-state index < -0.39 is 0 Å². The molecule has 88 valence electrons. The van der Waals surface area contributed by atoms with Gasteiger partial charge in [-0.3, -0.25) is 4.90 Å². The minimum Gasteiger partial charge on any atom is -0.399 e. The number of anilines is 1. The molecule has 0 unspecified atom stereocenters. The Hall–Kier alpha value is -1.28. The van der Waals surface area contributed by atoms with Crippen LogP contribution < -0.4 is 5.73 Å². The van der Waals surface area contributed by atoms with E-state index >= 15 is 0 Å². The lowest BCUT2D eigenvalue weighted by Gasteiger charge is -2.20. The summed E-state index contributed by atoms with van der Waals surface area (Å²) in [6, 6.07) is 6.29. The van der Waals surface area contributed by atoms with Crippen molar-refractivity contribution < 1.29 is 0 Å². The Morgan fingerprint density at radius 2 is 2.12 bits per heavy atom. The Bertz CT molecular complexity index is 369. The van der Waals surface area contributed by atoms with Crippen molar-refractivity contribution in [1.82, 2.24) is 4.90 Å². The van der Waals surface area contributed by atoms with Crippen LogP contribution in [-0.4, -0.2) is 18.0 Å². The molecule has 0 atom stereocenters.